The second kappa shape index (κ2) is 6.62. The SMILES string of the molecule is C=C(/C=C\CC(C)[C@H](C)OC)N(C)N. The highest BCUT2D eigenvalue weighted by Crippen LogP contribution is 2.11. The van der Waals surface area contributed by atoms with Crippen molar-refractivity contribution in [2.24, 2.45) is 11.8 Å². The zero-order valence-electron chi connectivity index (χ0n) is 9.66. The predicted octanol–water partition coefficient (Wildman–Crippen LogP) is 1.92. The van der Waals surface area contributed by atoms with E-state index in [2.05, 4.69) is 26.5 Å². The summed E-state index contributed by atoms with van der Waals surface area (Å²) in [7, 11) is 3.51. The normalized spacial score (nSPS) is 15.5. The van der Waals surface area contributed by atoms with Gasteiger partial charge in [0, 0.05) is 19.9 Å². The van der Waals surface area contributed by atoms with E-state index < -0.39 is 0 Å². The van der Waals surface area contributed by atoms with Crippen LogP contribution in [0.25, 0.3) is 0 Å². The molecule has 0 aromatic rings. The highest BCUT2D eigenvalue weighted by molar-refractivity contribution is 5.11. The van der Waals surface area contributed by atoms with Gasteiger partial charge < -0.3 is 9.75 Å². The number of hydrogen-bond donors (Lipinski definition) is 1. The molecular formula is C11H22N2O. The second-order valence-corrected chi connectivity index (χ2v) is 3.66. The van der Waals surface area contributed by atoms with Gasteiger partial charge in [0.05, 0.1) is 6.10 Å². The Kier molecular flexibility index (Phi) is 6.25. The molecule has 2 atom stereocenters. The number of allylic oxidation sites excluding steroid dienone is 2. The fraction of sp³-hybridized carbons (Fsp3) is 0.636. The summed E-state index contributed by atoms with van der Waals surface area (Å²) < 4.78 is 5.23. The molecule has 0 aromatic carbocycles. The molecule has 2 N–H and O–H groups in total. The minimum atomic E-state index is 0.281. The number of hydrogen-bond acceptors (Lipinski definition) is 3. The van der Waals surface area contributed by atoms with Crippen LogP contribution in [0.3, 0.4) is 0 Å². The van der Waals surface area contributed by atoms with Crippen molar-refractivity contribution in [3.63, 3.8) is 0 Å². The van der Waals surface area contributed by atoms with Crippen LogP contribution < -0.4 is 5.84 Å². The Labute approximate surface area is 87.2 Å². The summed E-state index contributed by atoms with van der Waals surface area (Å²) in [6, 6.07) is 0. The van der Waals surface area contributed by atoms with E-state index in [1.165, 1.54) is 5.01 Å². The van der Waals surface area contributed by atoms with E-state index in [4.69, 9.17) is 10.6 Å². The van der Waals surface area contributed by atoms with Gasteiger partial charge in [-0.05, 0) is 25.3 Å². The van der Waals surface area contributed by atoms with Gasteiger partial charge in [0.1, 0.15) is 0 Å². The van der Waals surface area contributed by atoms with Crippen molar-refractivity contribution in [1.29, 1.82) is 0 Å². The summed E-state index contributed by atoms with van der Waals surface area (Å²) in [5, 5.41) is 1.50. The van der Waals surface area contributed by atoms with Gasteiger partial charge in [0.15, 0.2) is 0 Å². The van der Waals surface area contributed by atoms with Crippen molar-refractivity contribution in [2.45, 2.75) is 26.4 Å². The molecule has 0 aromatic heterocycles. The van der Waals surface area contributed by atoms with Gasteiger partial charge in [-0.3, -0.25) is 0 Å². The number of methoxy groups -OCH3 is 1. The van der Waals surface area contributed by atoms with Crippen LogP contribution in [-0.2, 0) is 4.74 Å². The largest absolute Gasteiger partial charge is 0.381 e. The zero-order valence-corrected chi connectivity index (χ0v) is 9.66. The lowest BCUT2D eigenvalue weighted by Gasteiger charge is -2.16. The molecule has 0 saturated heterocycles. The number of nitrogens with zero attached hydrogens (tertiary/aromatic N) is 1. The monoisotopic (exact) mass is 198 g/mol. The summed E-state index contributed by atoms with van der Waals surface area (Å²) in [5.41, 5.74) is 0.808. The van der Waals surface area contributed by atoms with E-state index in [9.17, 15) is 0 Å². The summed E-state index contributed by atoms with van der Waals surface area (Å²) in [6.07, 6.45) is 5.26. The Hall–Kier alpha value is -0.800. The fourth-order valence-corrected chi connectivity index (χ4v) is 0.960. The van der Waals surface area contributed by atoms with Gasteiger partial charge in [-0.1, -0.05) is 19.6 Å². The lowest BCUT2D eigenvalue weighted by atomic mass is 10.0. The van der Waals surface area contributed by atoms with Crippen molar-refractivity contribution < 1.29 is 4.74 Å². The molecule has 0 radical (unpaired) electrons. The van der Waals surface area contributed by atoms with Crippen LogP contribution in [0.2, 0.25) is 0 Å². The summed E-state index contributed by atoms with van der Waals surface area (Å²) in [4.78, 5) is 0. The van der Waals surface area contributed by atoms with E-state index in [0.717, 1.165) is 12.1 Å². The average molecular weight is 198 g/mol. The quantitative estimate of drug-likeness (QED) is 0.402. The topological polar surface area (TPSA) is 38.5 Å². The first-order valence-corrected chi connectivity index (χ1v) is 4.85. The smallest absolute Gasteiger partial charge is 0.0571 e. The molecule has 3 heteroatoms. The summed E-state index contributed by atoms with van der Waals surface area (Å²) in [6.45, 7) is 8.03. The van der Waals surface area contributed by atoms with Crippen LogP contribution in [0, 0.1) is 5.92 Å². The van der Waals surface area contributed by atoms with Crippen molar-refractivity contribution in [1.82, 2.24) is 5.01 Å². The summed E-state index contributed by atoms with van der Waals surface area (Å²) in [5.74, 6) is 6.00. The minimum absolute atomic E-state index is 0.281. The van der Waals surface area contributed by atoms with Gasteiger partial charge in [0.2, 0.25) is 0 Å². The first-order valence-electron chi connectivity index (χ1n) is 4.85. The first kappa shape index (κ1) is 13.2. The molecule has 0 aliphatic rings. The van der Waals surface area contributed by atoms with E-state index in [1.54, 1.807) is 14.2 Å². The number of likely N-dealkylation sites (N-methyl/N-ethyl adjacent to an activating group) is 1. The maximum atomic E-state index is 5.50. The van der Waals surface area contributed by atoms with Crippen LogP contribution in [0.5, 0.6) is 0 Å². The predicted molar refractivity (Wildman–Crippen MR) is 60.5 cm³/mol. The highest BCUT2D eigenvalue weighted by atomic mass is 16.5. The molecule has 82 valence electrons. The summed E-state index contributed by atoms with van der Waals surface area (Å²) >= 11 is 0. The Balaban J connectivity index is 3.87. The number of nitrogens with two attached hydrogens (primary N) is 1. The van der Waals surface area contributed by atoms with Crippen LogP contribution in [0.4, 0.5) is 0 Å². The van der Waals surface area contributed by atoms with Crippen molar-refractivity contribution in [3.8, 4) is 0 Å². The minimum Gasteiger partial charge on any atom is -0.381 e. The molecule has 0 rings (SSSR count). The van der Waals surface area contributed by atoms with Crippen molar-refractivity contribution in [3.05, 3.63) is 24.4 Å². The lowest BCUT2D eigenvalue weighted by Crippen LogP contribution is -2.23. The molecule has 0 heterocycles. The van der Waals surface area contributed by atoms with Gasteiger partial charge in [-0.2, -0.15) is 0 Å². The molecule has 0 spiro atoms. The molecule has 0 amide bonds. The first-order chi connectivity index (χ1) is 6.49. The van der Waals surface area contributed by atoms with Gasteiger partial charge in [0.25, 0.3) is 0 Å². The Morgan fingerprint density at radius 2 is 2.14 bits per heavy atom. The van der Waals surface area contributed by atoms with E-state index in [0.29, 0.717) is 5.92 Å². The van der Waals surface area contributed by atoms with E-state index >= 15 is 0 Å². The average Bonchev–Trinajstić information content (AvgIpc) is 2.15. The van der Waals surface area contributed by atoms with Crippen LogP contribution in [0.15, 0.2) is 24.4 Å². The molecular weight excluding hydrogens is 176 g/mol. The van der Waals surface area contributed by atoms with E-state index in [-0.39, 0.29) is 6.10 Å². The second-order valence-electron chi connectivity index (χ2n) is 3.66. The zero-order chi connectivity index (χ0) is 11.1. The number of rotatable bonds is 6. The van der Waals surface area contributed by atoms with Gasteiger partial charge in [-0.15, -0.1) is 0 Å². The lowest BCUT2D eigenvalue weighted by molar-refractivity contribution is 0.0748. The maximum absolute atomic E-state index is 5.50. The van der Waals surface area contributed by atoms with Gasteiger partial charge in [-0.25, -0.2) is 5.84 Å². The highest BCUT2D eigenvalue weighted by Gasteiger charge is 2.08. The van der Waals surface area contributed by atoms with Gasteiger partial charge >= 0.3 is 0 Å². The Bertz CT molecular complexity index is 199. The van der Waals surface area contributed by atoms with E-state index in [1.807, 2.05) is 6.08 Å². The third-order valence-corrected chi connectivity index (χ3v) is 2.44. The maximum Gasteiger partial charge on any atom is 0.0571 e. The van der Waals surface area contributed by atoms with Crippen molar-refractivity contribution in [2.75, 3.05) is 14.2 Å². The number of ether oxygens (including phenoxy) is 1. The molecule has 14 heavy (non-hydrogen) atoms. The molecule has 0 fully saturated rings. The van der Waals surface area contributed by atoms with Crippen molar-refractivity contribution >= 4 is 0 Å². The molecule has 1 unspecified atom stereocenters. The molecule has 0 saturated carbocycles. The third kappa shape index (κ3) is 5.04. The van der Waals surface area contributed by atoms with Crippen LogP contribution in [-0.4, -0.2) is 25.3 Å². The fourth-order valence-electron chi connectivity index (χ4n) is 0.960. The Morgan fingerprint density at radius 3 is 2.57 bits per heavy atom. The standard InChI is InChI=1S/C11H22N2O/c1-9(11(3)14-5)7-6-8-10(2)13(4)12/h6,8-9,11H,2,7,12H2,1,3-5H3/b8-6-/t9?,11-/m0/s1. The molecule has 0 aliphatic carbocycles. The van der Waals surface area contributed by atoms with Crippen LogP contribution >= 0.6 is 0 Å². The number of hydrazine groups is 1. The molecule has 0 bridgehead atoms. The Morgan fingerprint density at radius 1 is 1.57 bits per heavy atom. The molecule has 3 nitrogen and oxygen atoms in total. The molecule has 0 aliphatic heterocycles. The third-order valence-electron chi connectivity index (χ3n) is 2.44. The van der Waals surface area contributed by atoms with Crippen LogP contribution in [0.1, 0.15) is 20.3 Å².